The average molecular weight is 194 g/mol. The first-order chi connectivity index (χ1) is 6.70. The number of para-hydroxylation sites is 2. The minimum absolute atomic E-state index is 0.231. The first-order valence-electron chi connectivity index (χ1n) is 4.10. The maximum absolute atomic E-state index is 5.57. The third kappa shape index (κ3) is 1.87. The highest BCUT2D eigenvalue weighted by Crippen LogP contribution is 2.25. The van der Waals surface area contributed by atoms with E-state index in [1.54, 1.807) is 19.1 Å². The maximum Gasteiger partial charge on any atom is 0.217 e. The van der Waals surface area contributed by atoms with E-state index in [-0.39, 0.29) is 5.96 Å². The number of ether oxygens (including phenoxy) is 1. The van der Waals surface area contributed by atoms with Crippen molar-refractivity contribution in [3.63, 3.8) is 0 Å². The number of guanidine groups is 1. The Labute approximate surface area is 82.9 Å². The van der Waals surface area contributed by atoms with E-state index in [0.29, 0.717) is 0 Å². The summed E-state index contributed by atoms with van der Waals surface area (Å²) in [7, 11) is 3.37. The van der Waals surface area contributed by atoms with Gasteiger partial charge in [0.25, 0.3) is 0 Å². The lowest BCUT2D eigenvalue weighted by atomic mass is 10.3. The molecule has 1 rings (SSSR count). The molecule has 1 aromatic carbocycles. The van der Waals surface area contributed by atoms with Crippen LogP contribution in [0.15, 0.2) is 29.4 Å². The minimum Gasteiger partial charge on any atom is -0.495 e. The van der Waals surface area contributed by atoms with Gasteiger partial charge in [0.15, 0.2) is 0 Å². The smallest absolute Gasteiger partial charge is 0.217 e. The zero-order valence-electron chi connectivity index (χ0n) is 8.27. The molecule has 14 heavy (non-hydrogen) atoms. The normalized spacial score (nSPS) is 11.1. The third-order valence-corrected chi connectivity index (χ3v) is 1.92. The number of methoxy groups -OCH3 is 1. The van der Waals surface area contributed by atoms with Crippen LogP contribution in [0.2, 0.25) is 0 Å². The molecule has 0 atom stereocenters. The molecule has 0 amide bonds. The van der Waals surface area contributed by atoms with Crippen molar-refractivity contribution in [3.8, 4) is 5.75 Å². The van der Waals surface area contributed by atoms with Crippen molar-refractivity contribution < 1.29 is 4.74 Å². The van der Waals surface area contributed by atoms with Gasteiger partial charge in [0, 0.05) is 7.05 Å². The number of nitrogens with zero attached hydrogens (tertiary/aromatic N) is 2. The Balaban J connectivity index is 3.05. The average Bonchev–Trinajstić information content (AvgIpc) is 2.26. The summed E-state index contributed by atoms with van der Waals surface area (Å²) >= 11 is 0. The Bertz CT molecular complexity index is 337. The van der Waals surface area contributed by atoms with Gasteiger partial charge in [0.2, 0.25) is 5.96 Å². The second-order valence-corrected chi connectivity index (χ2v) is 2.72. The number of hydrogen-bond donors (Lipinski definition) is 2. The van der Waals surface area contributed by atoms with Crippen LogP contribution in [0, 0.1) is 0 Å². The molecule has 0 aliphatic heterocycles. The van der Waals surface area contributed by atoms with Crippen LogP contribution in [0.5, 0.6) is 5.75 Å². The van der Waals surface area contributed by atoms with Gasteiger partial charge in [-0.2, -0.15) is 0 Å². The van der Waals surface area contributed by atoms with Crippen molar-refractivity contribution in [2.24, 2.45) is 16.7 Å². The van der Waals surface area contributed by atoms with Crippen LogP contribution in [-0.2, 0) is 0 Å². The van der Waals surface area contributed by atoms with Crippen LogP contribution >= 0.6 is 0 Å². The summed E-state index contributed by atoms with van der Waals surface area (Å²) in [5.41, 5.74) is 6.39. The summed E-state index contributed by atoms with van der Waals surface area (Å²) in [6.45, 7) is 0. The van der Waals surface area contributed by atoms with Crippen LogP contribution in [0.1, 0.15) is 0 Å². The number of benzene rings is 1. The molecule has 76 valence electrons. The fraction of sp³-hybridized carbons (Fsp3) is 0.222. The lowest BCUT2D eigenvalue weighted by Gasteiger charge is -2.19. The highest BCUT2D eigenvalue weighted by atomic mass is 16.5. The highest BCUT2D eigenvalue weighted by Gasteiger charge is 2.09. The van der Waals surface area contributed by atoms with E-state index in [9.17, 15) is 0 Å². The fourth-order valence-electron chi connectivity index (χ4n) is 1.12. The van der Waals surface area contributed by atoms with Crippen LogP contribution in [-0.4, -0.2) is 20.1 Å². The second kappa shape index (κ2) is 4.36. The summed E-state index contributed by atoms with van der Waals surface area (Å²) in [5, 5.41) is 3.40. The fourth-order valence-corrected chi connectivity index (χ4v) is 1.12. The zero-order valence-corrected chi connectivity index (χ0v) is 8.27. The minimum atomic E-state index is 0.231. The lowest BCUT2D eigenvalue weighted by Crippen LogP contribution is -2.35. The summed E-state index contributed by atoms with van der Waals surface area (Å²) in [5.74, 6) is 6.04. The summed E-state index contributed by atoms with van der Waals surface area (Å²) in [6, 6.07) is 7.48. The summed E-state index contributed by atoms with van der Waals surface area (Å²) in [4.78, 5) is 1.65. The zero-order chi connectivity index (χ0) is 10.6. The quantitative estimate of drug-likeness (QED) is 0.307. The van der Waals surface area contributed by atoms with Gasteiger partial charge in [-0.3, -0.25) is 0 Å². The lowest BCUT2D eigenvalue weighted by molar-refractivity contribution is 0.416. The van der Waals surface area contributed by atoms with E-state index in [1.165, 1.54) is 0 Å². The molecule has 0 aromatic heterocycles. The Hall–Kier alpha value is -1.91. The number of nitrogens with two attached hydrogens (primary N) is 2. The molecule has 0 heterocycles. The van der Waals surface area contributed by atoms with E-state index in [1.807, 2.05) is 24.3 Å². The Morgan fingerprint density at radius 2 is 2.07 bits per heavy atom. The number of hydrogen-bond acceptors (Lipinski definition) is 3. The van der Waals surface area contributed by atoms with E-state index < -0.39 is 0 Å². The van der Waals surface area contributed by atoms with Gasteiger partial charge in [-0.1, -0.05) is 12.1 Å². The molecule has 5 nitrogen and oxygen atoms in total. The van der Waals surface area contributed by atoms with Crippen molar-refractivity contribution in [1.82, 2.24) is 0 Å². The molecular weight excluding hydrogens is 180 g/mol. The van der Waals surface area contributed by atoms with Crippen molar-refractivity contribution in [2.45, 2.75) is 0 Å². The van der Waals surface area contributed by atoms with Gasteiger partial charge >= 0.3 is 0 Å². The topological polar surface area (TPSA) is 76.9 Å². The summed E-state index contributed by atoms with van der Waals surface area (Å²) in [6.07, 6.45) is 0. The second-order valence-electron chi connectivity index (χ2n) is 2.72. The maximum atomic E-state index is 5.57. The number of hydrazone groups is 1. The molecule has 5 heteroatoms. The van der Waals surface area contributed by atoms with Crippen molar-refractivity contribution in [1.29, 1.82) is 0 Å². The third-order valence-electron chi connectivity index (χ3n) is 1.92. The van der Waals surface area contributed by atoms with Gasteiger partial charge in [-0.25, -0.2) is 0 Å². The highest BCUT2D eigenvalue weighted by molar-refractivity contribution is 5.95. The molecule has 0 spiro atoms. The van der Waals surface area contributed by atoms with Crippen LogP contribution in [0.3, 0.4) is 0 Å². The Kier molecular flexibility index (Phi) is 3.17. The van der Waals surface area contributed by atoms with Gasteiger partial charge in [-0.15, -0.1) is 5.10 Å². The van der Waals surface area contributed by atoms with Crippen LogP contribution in [0.4, 0.5) is 5.69 Å². The number of rotatable bonds is 2. The molecule has 0 aliphatic carbocycles. The van der Waals surface area contributed by atoms with Gasteiger partial charge in [-0.05, 0) is 12.1 Å². The van der Waals surface area contributed by atoms with Crippen molar-refractivity contribution in [2.75, 3.05) is 19.1 Å². The largest absolute Gasteiger partial charge is 0.495 e. The molecule has 0 aliphatic rings. The van der Waals surface area contributed by atoms with E-state index >= 15 is 0 Å². The molecule has 0 bridgehead atoms. The van der Waals surface area contributed by atoms with Crippen LogP contribution < -0.4 is 21.2 Å². The van der Waals surface area contributed by atoms with Gasteiger partial charge in [0.05, 0.1) is 12.8 Å². The van der Waals surface area contributed by atoms with Crippen molar-refractivity contribution >= 4 is 11.6 Å². The molecule has 0 radical (unpaired) electrons. The molecule has 0 unspecified atom stereocenters. The van der Waals surface area contributed by atoms with E-state index in [4.69, 9.17) is 16.3 Å². The molecular formula is C9H14N4O. The van der Waals surface area contributed by atoms with Gasteiger partial charge < -0.3 is 21.2 Å². The van der Waals surface area contributed by atoms with E-state index in [0.717, 1.165) is 11.4 Å². The van der Waals surface area contributed by atoms with E-state index in [2.05, 4.69) is 5.10 Å². The predicted molar refractivity (Wildman–Crippen MR) is 57.2 cm³/mol. The predicted octanol–water partition coefficient (Wildman–Crippen LogP) is 0.320. The van der Waals surface area contributed by atoms with Crippen molar-refractivity contribution in [3.05, 3.63) is 24.3 Å². The molecule has 1 aromatic rings. The molecule has 0 saturated carbocycles. The molecule has 0 saturated heterocycles. The Morgan fingerprint density at radius 1 is 1.43 bits per heavy atom. The standard InChI is InChI=1S/C9H14N4O/c1-13(9(10)12-11)7-5-3-4-6-8(7)14-2/h3-6H,11H2,1-2H3,(H2,10,12). The number of anilines is 1. The first-order valence-corrected chi connectivity index (χ1v) is 4.10. The van der Waals surface area contributed by atoms with Gasteiger partial charge in [0.1, 0.15) is 5.75 Å². The SMILES string of the molecule is COc1ccccc1N(C)/C(N)=N/N. The molecule has 0 fully saturated rings. The molecule has 4 N–H and O–H groups in total. The Morgan fingerprint density at radius 3 is 2.64 bits per heavy atom. The first kappa shape index (κ1) is 10.2. The van der Waals surface area contributed by atoms with Crippen LogP contribution in [0.25, 0.3) is 0 Å². The summed E-state index contributed by atoms with van der Waals surface area (Å²) < 4.78 is 5.17. The monoisotopic (exact) mass is 194 g/mol.